The van der Waals surface area contributed by atoms with Gasteiger partial charge in [0.25, 0.3) is 0 Å². The van der Waals surface area contributed by atoms with E-state index >= 15 is 0 Å². The number of carbonyl (C=O) groups is 2. The number of rotatable bonds is 8. The van der Waals surface area contributed by atoms with Gasteiger partial charge in [-0.3, -0.25) is 0 Å². The zero-order valence-electron chi connectivity index (χ0n) is 21.6. The molecule has 1 amide bonds. The molecule has 1 aromatic rings. The van der Waals surface area contributed by atoms with Crippen molar-refractivity contribution in [1.82, 2.24) is 5.48 Å². The summed E-state index contributed by atoms with van der Waals surface area (Å²) in [6, 6.07) is 4.52. The van der Waals surface area contributed by atoms with Crippen LogP contribution in [0.3, 0.4) is 0 Å². The summed E-state index contributed by atoms with van der Waals surface area (Å²) in [6.07, 6.45) is -0.823. The predicted molar refractivity (Wildman–Crippen MR) is 130 cm³/mol. The van der Waals surface area contributed by atoms with Crippen LogP contribution in [0, 0.1) is 0 Å². The number of hydrogen-bond donors (Lipinski definition) is 1. The quantitative estimate of drug-likeness (QED) is 0.158. The van der Waals surface area contributed by atoms with Crippen molar-refractivity contribution < 1.29 is 28.6 Å². The molecule has 1 N–H and O–H groups in total. The van der Waals surface area contributed by atoms with Crippen molar-refractivity contribution in [1.29, 1.82) is 0 Å². The third-order valence-electron chi connectivity index (χ3n) is 5.09. The lowest BCUT2D eigenvalue weighted by Gasteiger charge is -2.39. The second-order valence-corrected chi connectivity index (χ2v) is 10.5. The first-order chi connectivity index (χ1) is 16.7. The van der Waals surface area contributed by atoms with Crippen LogP contribution in [-0.4, -0.2) is 41.5 Å². The summed E-state index contributed by atoms with van der Waals surface area (Å²) >= 11 is 0. The molecule has 0 aromatic heterocycles. The Labute approximate surface area is 209 Å². The molecule has 2 rings (SSSR count). The van der Waals surface area contributed by atoms with Crippen LogP contribution in [-0.2, 0) is 25.5 Å². The normalized spacial score (nSPS) is 17.6. The summed E-state index contributed by atoms with van der Waals surface area (Å²) in [7, 11) is 0. The van der Waals surface area contributed by atoms with Gasteiger partial charge in [-0.2, -0.15) is 5.48 Å². The first-order valence-electron chi connectivity index (χ1n) is 11.4. The molecule has 0 saturated carbocycles. The van der Waals surface area contributed by atoms with E-state index in [0.29, 0.717) is 24.2 Å². The number of benzene rings is 1. The first-order valence-corrected chi connectivity index (χ1v) is 11.4. The zero-order chi connectivity index (χ0) is 27.1. The second-order valence-electron chi connectivity index (χ2n) is 10.5. The van der Waals surface area contributed by atoms with E-state index in [9.17, 15) is 9.59 Å². The van der Waals surface area contributed by atoms with Crippen LogP contribution >= 0.6 is 0 Å². The molecule has 1 aliphatic rings. The number of aryl methyl sites for hydroxylation is 1. The lowest BCUT2D eigenvalue weighted by Crippen LogP contribution is -2.58. The van der Waals surface area contributed by atoms with Gasteiger partial charge in [-0.1, -0.05) is 22.4 Å². The van der Waals surface area contributed by atoms with Crippen LogP contribution in [0.4, 0.5) is 4.79 Å². The van der Waals surface area contributed by atoms with Gasteiger partial charge < -0.3 is 14.2 Å². The van der Waals surface area contributed by atoms with Crippen molar-refractivity contribution in [2.24, 2.45) is 10.2 Å². The highest BCUT2D eigenvalue weighted by Crippen LogP contribution is 2.36. The van der Waals surface area contributed by atoms with Gasteiger partial charge in [0, 0.05) is 16.4 Å². The Morgan fingerprint density at radius 2 is 1.78 bits per heavy atom. The standard InChI is InChI=1S/C23H33N7O6/c1-21(2,3)34-19(31)23(7,36-28-20(32)35-22(4,5)6)18-11-9-15-12-14(8-10-17(15)33-18)16(27-30-25)13-26-29-24/h8,10,12,16,18H,9,11,13H2,1-7H3,(H,28,32)/t16?,18?,23-/m0/s1. The summed E-state index contributed by atoms with van der Waals surface area (Å²) in [5.41, 5.74) is 17.8. The molecule has 3 atom stereocenters. The van der Waals surface area contributed by atoms with Crippen molar-refractivity contribution in [3.05, 3.63) is 50.2 Å². The van der Waals surface area contributed by atoms with Gasteiger partial charge in [-0.25, -0.2) is 14.4 Å². The Kier molecular flexibility index (Phi) is 9.04. The van der Waals surface area contributed by atoms with Crippen molar-refractivity contribution >= 4 is 12.1 Å². The molecule has 0 aliphatic carbocycles. The molecule has 13 heteroatoms. The van der Waals surface area contributed by atoms with Crippen molar-refractivity contribution in [3.8, 4) is 5.75 Å². The van der Waals surface area contributed by atoms with E-state index < -0.39 is 41.0 Å². The number of fused-ring (bicyclic) bond motifs is 1. The van der Waals surface area contributed by atoms with Crippen molar-refractivity contribution in [3.63, 3.8) is 0 Å². The van der Waals surface area contributed by atoms with E-state index in [1.807, 2.05) is 6.07 Å². The SMILES string of the molecule is CC(C)(C)OC(=O)NO[C@](C)(C(=O)OC(C)(C)C)C1CCc2cc(C(CN=[N+]=[N-])N=[N+]=[N-])ccc2O1. The van der Waals surface area contributed by atoms with Crippen LogP contribution in [0.2, 0.25) is 0 Å². The molecule has 0 radical (unpaired) electrons. The number of ether oxygens (including phenoxy) is 3. The number of hydroxylamine groups is 1. The third kappa shape index (κ3) is 7.94. The molecule has 2 unspecified atom stereocenters. The molecule has 0 fully saturated rings. The maximum absolute atomic E-state index is 13.2. The van der Waals surface area contributed by atoms with E-state index in [4.69, 9.17) is 30.1 Å². The molecule has 0 spiro atoms. The van der Waals surface area contributed by atoms with Crippen LogP contribution in [0.5, 0.6) is 5.75 Å². The maximum Gasteiger partial charge on any atom is 0.431 e. The van der Waals surface area contributed by atoms with Crippen LogP contribution in [0.1, 0.15) is 72.1 Å². The first kappa shape index (κ1) is 28.6. The lowest BCUT2D eigenvalue weighted by molar-refractivity contribution is -0.205. The Morgan fingerprint density at radius 3 is 2.36 bits per heavy atom. The number of amides is 1. The molecule has 1 aliphatic heterocycles. The van der Waals surface area contributed by atoms with Crippen molar-refractivity contribution in [2.45, 2.75) is 90.3 Å². The van der Waals surface area contributed by atoms with Gasteiger partial charge in [0.2, 0.25) is 5.60 Å². The number of azide groups is 2. The van der Waals surface area contributed by atoms with Gasteiger partial charge in [0.1, 0.15) is 23.1 Å². The minimum absolute atomic E-state index is 0.0241. The van der Waals surface area contributed by atoms with Gasteiger partial charge in [0.15, 0.2) is 0 Å². The van der Waals surface area contributed by atoms with Crippen LogP contribution in [0.25, 0.3) is 20.9 Å². The largest absolute Gasteiger partial charge is 0.486 e. The molecular weight excluding hydrogens is 470 g/mol. The van der Waals surface area contributed by atoms with Crippen LogP contribution in [0.15, 0.2) is 28.4 Å². The van der Waals surface area contributed by atoms with E-state index in [0.717, 1.165) is 5.56 Å². The average molecular weight is 504 g/mol. The van der Waals surface area contributed by atoms with E-state index in [-0.39, 0.29) is 6.54 Å². The molecule has 13 nitrogen and oxygen atoms in total. The Morgan fingerprint density at radius 1 is 1.11 bits per heavy atom. The number of nitrogens with one attached hydrogen (secondary N) is 1. The maximum atomic E-state index is 13.2. The minimum atomic E-state index is -1.70. The smallest absolute Gasteiger partial charge is 0.431 e. The topological polar surface area (TPSA) is 181 Å². The van der Waals surface area contributed by atoms with Gasteiger partial charge in [-0.15, -0.1) is 0 Å². The summed E-state index contributed by atoms with van der Waals surface area (Å²) < 4.78 is 16.9. The Bertz CT molecular complexity index is 1070. The zero-order valence-corrected chi connectivity index (χ0v) is 21.6. The van der Waals surface area contributed by atoms with Gasteiger partial charge >= 0.3 is 12.1 Å². The molecule has 0 saturated heterocycles. The van der Waals surface area contributed by atoms with E-state index in [2.05, 4.69) is 25.5 Å². The monoisotopic (exact) mass is 503 g/mol. The highest BCUT2D eigenvalue weighted by molar-refractivity contribution is 5.81. The van der Waals surface area contributed by atoms with E-state index in [1.165, 1.54) is 6.92 Å². The predicted octanol–water partition coefficient (Wildman–Crippen LogP) is 5.60. The number of carbonyl (C=O) groups excluding carboxylic acids is 2. The van der Waals surface area contributed by atoms with E-state index in [1.54, 1.807) is 53.7 Å². The fourth-order valence-corrected chi connectivity index (χ4v) is 3.45. The average Bonchev–Trinajstić information content (AvgIpc) is 2.77. The molecule has 1 aromatic carbocycles. The summed E-state index contributed by atoms with van der Waals surface area (Å²) in [6.45, 7) is 11.7. The molecular formula is C23H33N7O6. The van der Waals surface area contributed by atoms with Gasteiger partial charge in [-0.05, 0) is 89.6 Å². The highest BCUT2D eigenvalue weighted by Gasteiger charge is 2.50. The number of hydrogen-bond acceptors (Lipinski definition) is 8. The van der Waals surface area contributed by atoms with Crippen LogP contribution < -0.4 is 10.2 Å². The van der Waals surface area contributed by atoms with Gasteiger partial charge in [0.05, 0.1) is 6.04 Å². The number of nitrogens with zero attached hydrogens (tertiary/aromatic N) is 6. The molecule has 0 bridgehead atoms. The van der Waals surface area contributed by atoms with Crippen molar-refractivity contribution in [2.75, 3.05) is 6.54 Å². The fourth-order valence-electron chi connectivity index (χ4n) is 3.45. The minimum Gasteiger partial charge on any atom is -0.486 e. The molecule has 36 heavy (non-hydrogen) atoms. The second kappa shape index (κ2) is 11.4. The molecule has 196 valence electrons. The Hall–Kier alpha value is -3.66. The third-order valence-corrected chi connectivity index (χ3v) is 5.09. The summed E-state index contributed by atoms with van der Waals surface area (Å²) in [4.78, 5) is 36.6. The lowest BCUT2D eigenvalue weighted by atomic mass is 9.89. The summed E-state index contributed by atoms with van der Waals surface area (Å²) in [5, 5.41) is 7.20. The molecule has 1 heterocycles. The fraction of sp³-hybridized carbons (Fsp3) is 0.652. The summed E-state index contributed by atoms with van der Waals surface area (Å²) in [5.74, 6) is -0.219. The highest BCUT2D eigenvalue weighted by atomic mass is 16.7. The Balaban J connectivity index is 2.30. The number of esters is 1.